The maximum atomic E-state index is 13.7. The smallest absolute Gasteiger partial charge is 0.170 e. The molecule has 2 N–H and O–H groups in total. The Morgan fingerprint density at radius 2 is 2.08 bits per heavy atom. The molecule has 0 spiro atoms. The molecule has 1 fully saturated rings. The van der Waals surface area contributed by atoms with E-state index in [-0.39, 0.29) is 5.82 Å². The van der Waals surface area contributed by atoms with Crippen molar-refractivity contribution in [2.45, 2.75) is 6.54 Å². The Morgan fingerprint density at radius 3 is 2.88 bits per heavy atom. The Morgan fingerprint density at radius 1 is 1.28 bits per heavy atom. The standard InChI is InChI=1S/C17H22FN5OS/c18-16-4-2-1-3-14(16)12-23-13-15(11-20-23)21-17(25)19-5-6-22-7-9-24-10-8-22/h1-4,11,13H,5-10,12H2,(H2,19,21,25). The average molecular weight is 363 g/mol. The molecule has 1 aromatic carbocycles. The summed E-state index contributed by atoms with van der Waals surface area (Å²) in [4.78, 5) is 2.34. The lowest BCUT2D eigenvalue weighted by molar-refractivity contribution is 0.0389. The van der Waals surface area contributed by atoms with Crippen LogP contribution < -0.4 is 10.6 Å². The first-order valence-corrected chi connectivity index (χ1v) is 8.72. The van der Waals surface area contributed by atoms with Gasteiger partial charge in [-0.3, -0.25) is 9.58 Å². The largest absolute Gasteiger partial charge is 0.379 e. The predicted octanol–water partition coefficient (Wildman–Crippen LogP) is 1.69. The Balaban J connectivity index is 1.43. The van der Waals surface area contributed by atoms with Gasteiger partial charge < -0.3 is 15.4 Å². The number of ether oxygens (including phenoxy) is 1. The van der Waals surface area contributed by atoms with E-state index >= 15 is 0 Å². The van der Waals surface area contributed by atoms with E-state index in [1.165, 1.54) is 6.07 Å². The number of aromatic nitrogens is 2. The van der Waals surface area contributed by atoms with E-state index in [1.54, 1.807) is 23.0 Å². The lowest BCUT2D eigenvalue weighted by atomic mass is 10.2. The second-order valence-corrected chi connectivity index (χ2v) is 6.26. The van der Waals surface area contributed by atoms with Crippen LogP contribution in [-0.4, -0.2) is 59.2 Å². The van der Waals surface area contributed by atoms with Gasteiger partial charge in [-0.25, -0.2) is 4.39 Å². The summed E-state index contributed by atoms with van der Waals surface area (Å²) < 4.78 is 20.7. The zero-order valence-corrected chi connectivity index (χ0v) is 14.8. The van der Waals surface area contributed by atoms with Crippen molar-refractivity contribution in [1.82, 2.24) is 20.0 Å². The monoisotopic (exact) mass is 363 g/mol. The Kier molecular flexibility index (Phi) is 6.32. The van der Waals surface area contributed by atoms with Gasteiger partial charge in [-0.15, -0.1) is 0 Å². The Hall–Kier alpha value is -2.03. The maximum Gasteiger partial charge on any atom is 0.170 e. The van der Waals surface area contributed by atoms with Crippen molar-refractivity contribution in [1.29, 1.82) is 0 Å². The van der Waals surface area contributed by atoms with Crippen molar-refractivity contribution in [3.63, 3.8) is 0 Å². The number of halogens is 1. The SMILES string of the molecule is Fc1ccccc1Cn1cc(NC(=S)NCCN2CCOCC2)cn1. The molecule has 2 aromatic rings. The molecule has 1 saturated heterocycles. The fraction of sp³-hybridized carbons (Fsp3) is 0.412. The highest BCUT2D eigenvalue weighted by molar-refractivity contribution is 7.80. The molecule has 6 nitrogen and oxygen atoms in total. The summed E-state index contributed by atoms with van der Waals surface area (Å²) in [5.41, 5.74) is 1.38. The number of nitrogens with zero attached hydrogens (tertiary/aromatic N) is 3. The molecule has 0 aliphatic carbocycles. The van der Waals surface area contributed by atoms with Crippen LogP contribution in [0, 0.1) is 5.82 Å². The second kappa shape index (κ2) is 8.89. The molecule has 0 saturated carbocycles. The molecule has 0 unspecified atom stereocenters. The van der Waals surface area contributed by atoms with Crippen molar-refractivity contribution in [3.05, 3.63) is 48.0 Å². The predicted molar refractivity (Wildman–Crippen MR) is 99.2 cm³/mol. The van der Waals surface area contributed by atoms with Crippen molar-refractivity contribution >= 4 is 23.0 Å². The third kappa shape index (κ3) is 5.48. The summed E-state index contributed by atoms with van der Waals surface area (Å²) in [6.45, 7) is 5.60. The zero-order valence-electron chi connectivity index (χ0n) is 13.9. The number of nitrogens with one attached hydrogen (secondary N) is 2. The molecule has 1 aromatic heterocycles. The van der Waals surface area contributed by atoms with E-state index in [0.29, 0.717) is 17.2 Å². The highest BCUT2D eigenvalue weighted by Gasteiger charge is 2.10. The number of anilines is 1. The van der Waals surface area contributed by atoms with Crippen LogP contribution in [0.4, 0.5) is 10.1 Å². The van der Waals surface area contributed by atoms with Gasteiger partial charge in [-0.05, 0) is 18.3 Å². The van der Waals surface area contributed by atoms with Crippen LogP contribution in [0.15, 0.2) is 36.7 Å². The van der Waals surface area contributed by atoms with Crippen LogP contribution >= 0.6 is 12.2 Å². The first kappa shape index (κ1) is 17.8. The number of rotatable bonds is 6. The van der Waals surface area contributed by atoms with Crippen LogP contribution in [0.3, 0.4) is 0 Å². The molecule has 134 valence electrons. The van der Waals surface area contributed by atoms with Crippen LogP contribution in [0.5, 0.6) is 0 Å². The second-order valence-electron chi connectivity index (χ2n) is 5.85. The maximum absolute atomic E-state index is 13.7. The van der Waals surface area contributed by atoms with Gasteiger partial charge in [0.05, 0.1) is 31.6 Å². The van der Waals surface area contributed by atoms with Gasteiger partial charge in [0.2, 0.25) is 0 Å². The summed E-state index contributed by atoms with van der Waals surface area (Å²) in [6.07, 6.45) is 3.49. The van der Waals surface area contributed by atoms with Gasteiger partial charge in [0.1, 0.15) is 5.82 Å². The van der Waals surface area contributed by atoms with E-state index in [0.717, 1.165) is 45.1 Å². The number of benzene rings is 1. The topological polar surface area (TPSA) is 54.4 Å². The summed E-state index contributed by atoms with van der Waals surface area (Å²) in [5.74, 6) is -0.229. The Bertz CT molecular complexity index is 702. The lowest BCUT2D eigenvalue weighted by Crippen LogP contribution is -2.42. The van der Waals surface area contributed by atoms with Crippen molar-refractivity contribution in [2.75, 3.05) is 44.7 Å². The summed E-state index contributed by atoms with van der Waals surface area (Å²) >= 11 is 5.30. The molecule has 2 heterocycles. The lowest BCUT2D eigenvalue weighted by Gasteiger charge is -2.26. The average Bonchev–Trinajstić information content (AvgIpc) is 3.05. The summed E-state index contributed by atoms with van der Waals surface area (Å²) in [7, 11) is 0. The van der Waals surface area contributed by atoms with E-state index in [9.17, 15) is 4.39 Å². The molecule has 1 aliphatic heterocycles. The minimum absolute atomic E-state index is 0.229. The quantitative estimate of drug-likeness (QED) is 0.762. The molecule has 25 heavy (non-hydrogen) atoms. The van der Waals surface area contributed by atoms with E-state index in [1.807, 2.05) is 12.3 Å². The Labute approximate surface area is 152 Å². The minimum atomic E-state index is -0.229. The van der Waals surface area contributed by atoms with Gasteiger partial charge in [-0.2, -0.15) is 5.10 Å². The van der Waals surface area contributed by atoms with Gasteiger partial charge >= 0.3 is 0 Å². The third-order valence-corrected chi connectivity index (χ3v) is 4.24. The van der Waals surface area contributed by atoms with E-state index in [2.05, 4.69) is 20.6 Å². The number of hydrogen-bond acceptors (Lipinski definition) is 4. The van der Waals surface area contributed by atoms with Crippen molar-refractivity contribution < 1.29 is 9.13 Å². The molecule has 0 bridgehead atoms. The van der Waals surface area contributed by atoms with Crippen molar-refractivity contribution in [2.24, 2.45) is 0 Å². The molecule has 1 aliphatic rings. The number of hydrogen-bond donors (Lipinski definition) is 2. The van der Waals surface area contributed by atoms with E-state index < -0.39 is 0 Å². The van der Waals surface area contributed by atoms with E-state index in [4.69, 9.17) is 17.0 Å². The van der Waals surface area contributed by atoms with Crippen LogP contribution in [0.25, 0.3) is 0 Å². The summed E-state index contributed by atoms with van der Waals surface area (Å²) in [5, 5.41) is 11.1. The molecule has 0 amide bonds. The van der Waals surface area contributed by atoms with Crippen molar-refractivity contribution in [3.8, 4) is 0 Å². The minimum Gasteiger partial charge on any atom is -0.379 e. The zero-order chi connectivity index (χ0) is 17.5. The molecule has 8 heteroatoms. The molecular formula is C17H22FN5OS. The van der Waals surface area contributed by atoms with Gasteiger partial charge in [0, 0.05) is 37.9 Å². The molecule has 0 radical (unpaired) electrons. The molecule has 0 atom stereocenters. The molecule has 3 rings (SSSR count). The third-order valence-electron chi connectivity index (χ3n) is 4.00. The summed E-state index contributed by atoms with van der Waals surface area (Å²) in [6, 6.07) is 6.69. The number of thiocarbonyl (C=S) groups is 1. The first-order chi connectivity index (χ1) is 12.2. The van der Waals surface area contributed by atoms with Gasteiger partial charge in [-0.1, -0.05) is 18.2 Å². The normalized spacial score (nSPS) is 15.1. The highest BCUT2D eigenvalue weighted by Crippen LogP contribution is 2.11. The van der Waals surface area contributed by atoms with Crippen LogP contribution in [-0.2, 0) is 11.3 Å². The number of morpholine rings is 1. The highest BCUT2D eigenvalue weighted by atomic mass is 32.1. The first-order valence-electron chi connectivity index (χ1n) is 8.31. The fourth-order valence-electron chi connectivity index (χ4n) is 2.64. The molecular weight excluding hydrogens is 341 g/mol. The fourth-order valence-corrected chi connectivity index (χ4v) is 2.86. The van der Waals surface area contributed by atoms with Gasteiger partial charge in [0.25, 0.3) is 0 Å². The van der Waals surface area contributed by atoms with Crippen LogP contribution in [0.1, 0.15) is 5.56 Å². The van der Waals surface area contributed by atoms with Crippen LogP contribution in [0.2, 0.25) is 0 Å². The van der Waals surface area contributed by atoms with Gasteiger partial charge in [0.15, 0.2) is 5.11 Å².